The topological polar surface area (TPSA) is 29.0 Å². The van der Waals surface area contributed by atoms with E-state index >= 15 is 0 Å². The average molecular weight is 266 g/mol. The smallest absolute Gasteiger partial charge is 0.230 e. The Morgan fingerprint density at radius 2 is 2.00 bits per heavy atom. The van der Waals surface area contributed by atoms with Crippen LogP contribution in [0.3, 0.4) is 0 Å². The second kappa shape index (κ2) is 5.31. The lowest BCUT2D eigenvalue weighted by molar-refractivity contribution is 0.626. The number of halogens is 2. The van der Waals surface area contributed by atoms with Gasteiger partial charge in [-0.25, -0.2) is 14.4 Å². The van der Waals surface area contributed by atoms with Crippen molar-refractivity contribution in [1.29, 1.82) is 0 Å². The fourth-order valence-corrected chi connectivity index (χ4v) is 1.80. The molecule has 0 spiro atoms. The number of para-hydroxylation sites is 1. The predicted octanol–water partition coefficient (Wildman–Crippen LogP) is 3.43. The summed E-state index contributed by atoms with van der Waals surface area (Å²) in [5.74, 6) is 0.440. The molecule has 0 N–H and O–H groups in total. The van der Waals surface area contributed by atoms with Gasteiger partial charge in [-0.2, -0.15) is 0 Å². The van der Waals surface area contributed by atoms with Crippen molar-refractivity contribution in [3.05, 3.63) is 47.5 Å². The zero-order chi connectivity index (χ0) is 13.1. The highest BCUT2D eigenvalue weighted by atomic mass is 35.5. The summed E-state index contributed by atoms with van der Waals surface area (Å²) >= 11 is 5.77. The van der Waals surface area contributed by atoms with E-state index in [9.17, 15) is 4.39 Å². The minimum absolute atomic E-state index is 0.307. The van der Waals surface area contributed by atoms with Gasteiger partial charge in [0.15, 0.2) is 0 Å². The van der Waals surface area contributed by atoms with Crippen LogP contribution in [-0.4, -0.2) is 17.0 Å². The number of rotatable bonds is 3. The molecule has 94 valence electrons. The van der Waals surface area contributed by atoms with Crippen molar-refractivity contribution < 1.29 is 4.39 Å². The highest BCUT2D eigenvalue weighted by molar-refractivity contribution is 6.16. The Kier molecular flexibility index (Phi) is 3.77. The summed E-state index contributed by atoms with van der Waals surface area (Å²) in [6.45, 7) is 1.86. The molecule has 1 aromatic heterocycles. The molecular weight excluding hydrogens is 253 g/mol. The second-order valence-electron chi connectivity index (χ2n) is 3.94. The lowest BCUT2D eigenvalue weighted by Gasteiger charge is -2.18. The van der Waals surface area contributed by atoms with E-state index in [-0.39, 0.29) is 5.82 Å². The van der Waals surface area contributed by atoms with E-state index in [0.717, 1.165) is 11.4 Å². The van der Waals surface area contributed by atoms with Crippen LogP contribution in [0, 0.1) is 12.7 Å². The monoisotopic (exact) mass is 265 g/mol. The van der Waals surface area contributed by atoms with E-state index in [1.54, 1.807) is 30.1 Å². The number of hydrogen-bond donors (Lipinski definition) is 0. The molecule has 0 bridgehead atoms. The minimum atomic E-state index is -0.308. The van der Waals surface area contributed by atoms with Crippen molar-refractivity contribution >= 4 is 23.2 Å². The van der Waals surface area contributed by atoms with Crippen molar-refractivity contribution in [2.45, 2.75) is 12.8 Å². The largest absolute Gasteiger partial charge is 0.311 e. The standard InChI is InChI=1S/C13H13ClFN3/c1-9-7-10(8-14)17-13(16-9)18(2)12-6-4-3-5-11(12)15/h3-7H,8H2,1-2H3. The Morgan fingerprint density at radius 3 is 2.67 bits per heavy atom. The van der Waals surface area contributed by atoms with Crippen LogP contribution >= 0.6 is 11.6 Å². The molecule has 5 heteroatoms. The van der Waals surface area contributed by atoms with Gasteiger partial charge in [0.05, 0.1) is 17.3 Å². The normalized spacial score (nSPS) is 10.4. The first kappa shape index (κ1) is 12.8. The number of nitrogens with zero attached hydrogens (tertiary/aromatic N) is 3. The third kappa shape index (κ3) is 2.59. The van der Waals surface area contributed by atoms with Crippen LogP contribution in [0.4, 0.5) is 16.0 Å². The molecule has 0 aliphatic carbocycles. The van der Waals surface area contributed by atoms with Crippen LogP contribution in [0.15, 0.2) is 30.3 Å². The van der Waals surface area contributed by atoms with E-state index in [2.05, 4.69) is 9.97 Å². The van der Waals surface area contributed by atoms with Gasteiger partial charge in [0.2, 0.25) is 5.95 Å². The highest BCUT2D eigenvalue weighted by Crippen LogP contribution is 2.23. The van der Waals surface area contributed by atoms with Crippen LogP contribution in [0.5, 0.6) is 0 Å². The van der Waals surface area contributed by atoms with Gasteiger partial charge in [-0.1, -0.05) is 12.1 Å². The van der Waals surface area contributed by atoms with E-state index in [1.807, 2.05) is 13.0 Å². The van der Waals surface area contributed by atoms with Crippen molar-refractivity contribution in [3.8, 4) is 0 Å². The second-order valence-corrected chi connectivity index (χ2v) is 4.21. The van der Waals surface area contributed by atoms with Gasteiger partial charge < -0.3 is 4.90 Å². The maximum Gasteiger partial charge on any atom is 0.230 e. The van der Waals surface area contributed by atoms with Crippen LogP contribution in [0.25, 0.3) is 0 Å². The lowest BCUT2D eigenvalue weighted by atomic mass is 10.3. The summed E-state index contributed by atoms with van der Waals surface area (Å²) in [5, 5.41) is 0. The molecular formula is C13H13ClFN3. The molecule has 1 aromatic carbocycles. The number of aryl methyl sites for hydroxylation is 1. The number of alkyl halides is 1. The number of anilines is 2. The first-order chi connectivity index (χ1) is 8.61. The predicted molar refractivity (Wildman–Crippen MR) is 70.8 cm³/mol. The third-order valence-electron chi connectivity index (χ3n) is 2.55. The average Bonchev–Trinajstić information content (AvgIpc) is 2.37. The van der Waals surface area contributed by atoms with Gasteiger partial charge in [-0.3, -0.25) is 0 Å². The maximum atomic E-state index is 13.7. The van der Waals surface area contributed by atoms with Gasteiger partial charge >= 0.3 is 0 Å². The highest BCUT2D eigenvalue weighted by Gasteiger charge is 2.12. The minimum Gasteiger partial charge on any atom is -0.311 e. The molecule has 18 heavy (non-hydrogen) atoms. The number of hydrogen-bond acceptors (Lipinski definition) is 3. The van der Waals surface area contributed by atoms with E-state index in [4.69, 9.17) is 11.6 Å². The van der Waals surface area contributed by atoms with E-state index in [1.165, 1.54) is 6.07 Å². The van der Waals surface area contributed by atoms with Crippen molar-refractivity contribution in [3.63, 3.8) is 0 Å². The van der Waals surface area contributed by atoms with Gasteiger partial charge in [-0.05, 0) is 25.1 Å². The zero-order valence-corrected chi connectivity index (χ0v) is 10.9. The van der Waals surface area contributed by atoms with Crippen molar-refractivity contribution in [2.24, 2.45) is 0 Å². The molecule has 0 amide bonds. The molecule has 0 fully saturated rings. The summed E-state index contributed by atoms with van der Waals surface area (Å²) in [6.07, 6.45) is 0. The van der Waals surface area contributed by atoms with Gasteiger partial charge in [0.1, 0.15) is 5.82 Å². The van der Waals surface area contributed by atoms with Crippen LogP contribution in [-0.2, 0) is 5.88 Å². The molecule has 1 heterocycles. The number of benzene rings is 1. The maximum absolute atomic E-state index is 13.7. The van der Waals surface area contributed by atoms with E-state index in [0.29, 0.717) is 17.5 Å². The molecule has 0 saturated heterocycles. The fraction of sp³-hybridized carbons (Fsp3) is 0.231. The molecule has 0 aliphatic heterocycles. The molecule has 0 aliphatic rings. The van der Waals surface area contributed by atoms with Gasteiger partial charge in [-0.15, -0.1) is 11.6 Å². The van der Waals surface area contributed by atoms with Crippen LogP contribution in [0.1, 0.15) is 11.4 Å². The molecule has 0 unspecified atom stereocenters. The van der Waals surface area contributed by atoms with E-state index < -0.39 is 0 Å². The Labute approximate surface area is 110 Å². The summed E-state index contributed by atoms with van der Waals surface area (Å²) < 4.78 is 13.7. The van der Waals surface area contributed by atoms with Crippen LogP contribution < -0.4 is 4.90 Å². The van der Waals surface area contributed by atoms with Gasteiger partial charge in [0.25, 0.3) is 0 Å². The van der Waals surface area contributed by atoms with Gasteiger partial charge in [0, 0.05) is 12.7 Å². The Bertz CT molecular complexity index is 560. The number of aromatic nitrogens is 2. The Hall–Kier alpha value is -1.68. The summed E-state index contributed by atoms with van der Waals surface area (Å²) in [5.41, 5.74) is 1.96. The van der Waals surface area contributed by atoms with Crippen molar-refractivity contribution in [1.82, 2.24) is 9.97 Å². The SMILES string of the molecule is Cc1cc(CCl)nc(N(C)c2ccccc2F)n1. The third-order valence-corrected chi connectivity index (χ3v) is 2.82. The zero-order valence-electron chi connectivity index (χ0n) is 10.2. The molecule has 0 atom stereocenters. The lowest BCUT2D eigenvalue weighted by Crippen LogP contribution is -2.15. The molecule has 2 aromatic rings. The summed E-state index contributed by atoms with van der Waals surface area (Å²) in [6, 6.07) is 8.32. The van der Waals surface area contributed by atoms with Crippen LogP contribution in [0.2, 0.25) is 0 Å². The first-order valence-electron chi connectivity index (χ1n) is 5.50. The molecule has 3 nitrogen and oxygen atoms in total. The molecule has 0 radical (unpaired) electrons. The summed E-state index contributed by atoms with van der Waals surface area (Å²) in [7, 11) is 1.73. The Balaban J connectivity index is 2.43. The molecule has 2 rings (SSSR count). The Morgan fingerprint density at radius 1 is 1.28 bits per heavy atom. The molecule has 0 saturated carbocycles. The first-order valence-corrected chi connectivity index (χ1v) is 6.04. The van der Waals surface area contributed by atoms with Crippen molar-refractivity contribution in [2.75, 3.05) is 11.9 Å². The summed E-state index contributed by atoms with van der Waals surface area (Å²) in [4.78, 5) is 10.2. The fourth-order valence-electron chi connectivity index (χ4n) is 1.67. The quantitative estimate of drug-likeness (QED) is 0.796.